The second-order valence-electron chi connectivity index (χ2n) is 4.84. The van der Waals surface area contributed by atoms with Gasteiger partial charge in [-0.05, 0) is 25.3 Å². The van der Waals surface area contributed by atoms with Gasteiger partial charge < -0.3 is 10.1 Å². The van der Waals surface area contributed by atoms with Crippen LogP contribution in [-0.4, -0.2) is 30.3 Å². The molecule has 0 saturated carbocycles. The zero-order valence-electron chi connectivity index (χ0n) is 12.9. The van der Waals surface area contributed by atoms with Gasteiger partial charge in [0.2, 0.25) is 0 Å². The van der Waals surface area contributed by atoms with Gasteiger partial charge in [0.1, 0.15) is 0 Å². The standard InChI is InChI=1S/C17H21NO4/c1-3-4-10-17(21)22-12-16(20)18-15(13(2)19)11-14-8-6-5-7-9-14/h4-10,15H,3,11-12H2,1-2H3,(H,18,20)/b10-4+/t15-/m0/s1. The summed E-state index contributed by atoms with van der Waals surface area (Å²) in [5, 5.41) is 2.59. The number of nitrogens with one attached hydrogen (secondary N) is 1. The molecule has 1 N–H and O–H groups in total. The lowest BCUT2D eigenvalue weighted by Crippen LogP contribution is -2.43. The van der Waals surface area contributed by atoms with Crippen LogP contribution >= 0.6 is 0 Å². The largest absolute Gasteiger partial charge is 0.452 e. The molecule has 5 nitrogen and oxygen atoms in total. The zero-order valence-corrected chi connectivity index (χ0v) is 12.9. The number of hydrogen-bond donors (Lipinski definition) is 1. The van der Waals surface area contributed by atoms with Crippen LogP contribution in [0.3, 0.4) is 0 Å². The Morgan fingerprint density at radius 1 is 1.23 bits per heavy atom. The van der Waals surface area contributed by atoms with E-state index in [9.17, 15) is 14.4 Å². The Balaban J connectivity index is 2.49. The maximum atomic E-state index is 11.8. The molecule has 22 heavy (non-hydrogen) atoms. The van der Waals surface area contributed by atoms with Crippen LogP contribution in [0.5, 0.6) is 0 Å². The predicted octanol–water partition coefficient (Wildman–Crippen LogP) is 1.81. The zero-order chi connectivity index (χ0) is 16.4. The van der Waals surface area contributed by atoms with Crippen molar-refractivity contribution >= 4 is 17.7 Å². The lowest BCUT2D eigenvalue weighted by atomic mass is 10.0. The fourth-order valence-corrected chi connectivity index (χ4v) is 1.78. The minimum absolute atomic E-state index is 0.144. The number of hydrogen-bond acceptors (Lipinski definition) is 4. The number of carbonyl (C=O) groups is 3. The molecule has 0 aliphatic rings. The number of Topliss-reactive ketones (excluding diaryl/α,β-unsaturated/α-hetero) is 1. The van der Waals surface area contributed by atoms with Gasteiger partial charge in [0.15, 0.2) is 12.4 Å². The maximum Gasteiger partial charge on any atom is 0.330 e. The number of amides is 1. The second-order valence-corrected chi connectivity index (χ2v) is 4.84. The lowest BCUT2D eigenvalue weighted by Gasteiger charge is -2.16. The molecule has 1 aromatic rings. The third-order valence-corrected chi connectivity index (χ3v) is 2.94. The molecule has 1 aromatic carbocycles. The van der Waals surface area contributed by atoms with Crippen LogP contribution in [0.2, 0.25) is 0 Å². The first-order valence-electron chi connectivity index (χ1n) is 7.20. The second kappa shape index (κ2) is 9.50. The number of ketones is 1. The molecule has 0 unspecified atom stereocenters. The van der Waals surface area contributed by atoms with Gasteiger partial charge in [-0.15, -0.1) is 0 Å². The SMILES string of the molecule is CC/C=C/C(=O)OCC(=O)N[C@@H](Cc1ccccc1)C(C)=O. The van der Waals surface area contributed by atoms with Crippen molar-refractivity contribution in [2.75, 3.05) is 6.61 Å². The van der Waals surface area contributed by atoms with Crippen molar-refractivity contribution in [3.8, 4) is 0 Å². The van der Waals surface area contributed by atoms with Crippen LogP contribution < -0.4 is 5.32 Å². The molecule has 0 heterocycles. The van der Waals surface area contributed by atoms with Gasteiger partial charge in [-0.3, -0.25) is 9.59 Å². The Bertz CT molecular complexity index is 537. The van der Waals surface area contributed by atoms with Gasteiger partial charge in [-0.2, -0.15) is 0 Å². The van der Waals surface area contributed by atoms with Crippen molar-refractivity contribution in [2.45, 2.75) is 32.7 Å². The minimum Gasteiger partial charge on any atom is -0.452 e. The summed E-state index contributed by atoms with van der Waals surface area (Å²) in [6, 6.07) is 8.77. The summed E-state index contributed by atoms with van der Waals surface area (Å²) in [5.74, 6) is -1.21. The molecule has 118 valence electrons. The molecule has 0 saturated heterocycles. The van der Waals surface area contributed by atoms with Gasteiger partial charge in [-0.1, -0.05) is 43.3 Å². The van der Waals surface area contributed by atoms with E-state index in [1.807, 2.05) is 37.3 Å². The highest BCUT2D eigenvalue weighted by Crippen LogP contribution is 2.04. The molecular weight excluding hydrogens is 282 g/mol. The summed E-state index contributed by atoms with van der Waals surface area (Å²) in [6.45, 7) is 2.91. The normalized spacial score (nSPS) is 11.9. The van der Waals surface area contributed by atoms with Gasteiger partial charge >= 0.3 is 5.97 Å². The Morgan fingerprint density at radius 2 is 1.91 bits per heavy atom. The summed E-state index contributed by atoms with van der Waals surface area (Å²) in [7, 11) is 0. The summed E-state index contributed by atoms with van der Waals surface area (Å²) in [5.41, 5.74) is 0.950. The molecule has 0 radical (unpaired) electrons. The molecule has 0 aromatic heterocycles. The van der Waals surface area contributed by atoms with Crippen LogP contribution in [0, 0.1) is 0 Å². The minimum atomic E-state index is -0.625. The molecule has 0 spiro atoms. The van der Waals surface area contributed by atoms with E-state index >= 15 is 0 Å². The molecule has 0 aliphatic carbocycles. The van der Waals surface area contributed by atoms with Gasteiger partial charge in [0.25, 0.3) is 5.91 Å². The maximum absolute atomic E-state index is 11.8. The molecule has 1 amide bonds. The molecule has 5 heteroatoms. The van der Waals surface area contributed by atoms with Crippen molar-refractivity contribution < 1.29 is 19.1 Å². The van der Waals surface area contributed by atoms with Crippen LogP contribution in [0.25, 0.3) is 0 Å². The summed E-state index contributed by atoms with van der Waals surface area (Å²) in [4.78, 5) is 34.7. The van der Waals surface area contributed by atoms with Gasteiger partial charge in [0.05, 0.1) is 6.04 Å². The first-order chi connectivity index (χ1) is 10.5. The fraction of sp³-hybridized carbons (Fsp3) is 0.353. The van der Waals surface area contributed by atoms with E-state index in [-0.39, 0.29) is 5.78 Å². The van der Waals surface area contributed by atoms with E-state index in [0.717, 1.165) is 5.56 Å². The number of ether oxygens (including phenoxy) is 1. The molecular formula is C17H21NO4. The quantitative estimate of drug-likeness (QED) is 0.587. The summed E-state index contributed by atoms with van der Waals surface area (Å²) in [6.07, 6.45) is 4.05. The van der Waals surface area contributed by atoms with Crippen LogP contribution in [-0.2, 0) is 25.5 Å². The van der Waals surface area contributed by atoms with E-state index in [4.69, 9.17) is 4.74 Å². The average Bonchev–Trinajstić information content (AvgIpc) is 2.51. The Kier molecular flexibility index (Phi) is 7.61. The number of carbonyl (C=O) groups excluding carboxylic acids is 3. The molecule has 1 atom stereocenters. The van der Waals surface area contributed by atoms with Crippen LogP contribution in [0.15, 0.2) is 42.5 Å². The summed E-state index contributed by atoms with van der Waals surface area (Å²) >= 11 is 0. The van der Waals surface area contributed by atoms with E-state index in [0.29, 0.717) is 12.8 Å². The molecule has 1 rings (SSSR count). The predicted molar refractivity (Wildman–Crippen MR) is 83.1 cm³/mol. The lowest BCUT2D eigenvalue weighted by molar-refractivity contribution is -0.144. The van der Waals surface area contributed by atoms with E-state index in [2.05, 4.69) is 5.32 Å². The van der Waals surface area contributed by atoms with Crippen LogP contribution in [0.1, 0.15) is 25.8 Å². The van der Waals surface area contributed by atoms with Gasteiger partial charge in [0, 0.05) is 6.08 Å². The molecule has 0 aliphatic heterocycles. The fourth-order valence-electron chi connectivity index (χ4n) is 1.78. The highest BCUT2D eigenvalue weighted by atomic mass is 16.5. The van der Waals surface area contributed by atoms with Crippen molar-refractivity contribution in [3.63, 3.8) is 0 Å². The Hall–Kier alpha value is -2.43. The Labute approximate surface area is 130 Å². The third-order valence-electron chi connectivity index (χ3n) is 2.94. The third kappa shape index (κ3) is 6.83. The number of benzene rings is 1. The van der Waals surface area contributed by atoms with E-state index < -0.39 is 24.5 Å². The van der Waals surface area contributed by atoms with Crippen molar-refractivity contribution in [1.82, 2.24) is 5.32 Å². The number of esters is 1. The molecule has 0 fully saturated rings. The highest BCUT2D eigenvalue weighted by Gasteiger charge is 2.18. The Morgan fingerprint density at radius 3 is 2.50 bits per heavy atom. The van der Waals surface area contributed by atoms with Crippen molar-refractivity contribution in [3.05, 3.63) is 48.0 Å². The smallest absolute Gasteiger partial charge is 0.330 e. The average molecular weight is 303 g/mol. The highest BCUT2D eigenvalue weighted by molar-refractivity contribution is 5.89. The van der Waals surface area contributed by atoms with Crippen molar-refractivity contribution in [1.29, 1.82) is 0 Å². The van der Waals surface area contributed by atoms with Crippen molar-refractivity contribution in [2.24, 2.45) is 0 Å². The van der Waals surface area contributed by atoms with E-state index in [1.165, 1.54) is 13.0 Å². The first-order valence-corrected chi connectivity index (χ1v) is 7.20. The van der Waals surface area contributed by atoms with Gasteiger partial charge in [-0.25, -0.2) is 4.79 Å². The first kappa shape index (κ1) is 17.6. The number of allylic oxidation sites excluding steroid dienone is 1. The topological polar surface area (TPSA) is 72.5 Å². The summed E-state index contributed by atoms with van der Waals surface area (Å²) < 4.78 is 4.79. The van der Waals surface area contributed by atoms with Crippen LogP contribution in [0.4, 0.5) is 0 Å². The van der Waals surface area contributed by atoms with E-state index in [1.54, 1.807) is 6.08 Å². The molecule has 0 bridgehead atoms. The monoisotopic (exact) mass is 303 g/mol. The number of rotatable bonds is 8.